The first kappa shape index (κ1) is 20.3. The molecule has 0 aliphatic carbocycles. The fraction of sp³-hybridized carbons (Fsp3) is 0.421. The van der Waals surface area contributed by atoms with E-state index in [9.17, 15) is 19.7 Å². The third-order valence-electron chi connectivity index (χ3n) is 4.58. The molecule has 1 aliphatic heterocycles. The minimum atomic E-state index is -0.820. The van der Waals surface area contributed by atoms with Gasteiger partial charge in [0.1, 0.15) is 5.69 Å². The van der Waals surface area contributed by atoms with Gasteiger partial charge in [0.05, 0.1) is 16.2 Å². The zero-order chi connectivity index (χ0) is 20.8. The normalized spacial score (nSPS) is 14.2. The zero-order valence-corrected chi connectivity index (χ0v) is 16.1. The summed E-state index contributed by atoms with van der Waals surface area (Å²) in [6.45, 7) is 2.62. The molecule has 0 unspecified atom stereocenters. The van der Waals surface area contributed by atoms with Crippen LogP contribution in [-0.2, 0) is 9.53 Å². The van der Waals surface area contributed by atoms with Crippen LogP contribution < -0.4 is 10.2 Å². The molecule has 154 valence electrons. The lowest BCUT2D eigenvalue weighted by atomic mass is 10.1. The van der Waals surface area contributed by atoms with Gasteiger partial charge in [0, 0.05) is 25.2 Å². The van der Waals surface area contributed by atoms with Crippen molar-refractivity contribution in [2.24, 2.45) is 0 Å². The number of carbonyl (C=O) groups excluding carboxylic acids is 2. The highest BCUT2D eigenvalue weighted by Gasteiger charge is 2.23. The van der Waals surface area contributed by atoms with Gasteiger partial charge in [-0.25, -0.2) is 4.79 Å². The maximum absolute atomic E-state index is 12.2. The van der Waals surface area contributed by atoms with E-state index in [1.807, 2.05) is 4.90 Å². The molecule has 1 saturated heterocycles. The first-order valence-corrected chi connectivity index (χ1v) is 9.38. The van der Waals surface area contributed by atoms with Crippen molar-refractivity contribution >= 4 is 29.1 Å². The van der Waals surface area contributed by atoms with Crippen molar-refractivity contribution in [2.45, 2.75) is 32.6 Å². The van der Waals surface area contributed by atoms with Crippen molar-refractivity contribution < 1.29 is 23.8 Å². The van der Waals surface area contributed by atoms with Crippen LogP contribution in [0.4, 0.5) is 17.3 Å². The predicted octanol–water partition coefficient (Wildman–Crippen LogP) is 3.07. The third-order valence-corrected chi connectivity index (χ3v) is 4.58. The number of rotatable bonds is 6. The molecule has 29 heavy (non-hydrogen) atoms. The molecular weight excluding hydrogens is 380 g/mol. The zero-order valence-electron chi connectivity index (χ0n) is 16.1. The number of aryl methyl sites for hydroxylation is 1. The van der Waals surface area contributed by atoms with Gasteiger partial charge >= 0.3 is 5.97 Å². The second-order valence-electron chi connectivity index (χ2n) is 6.82. The van der Waals surface area contributed by atoms with E-state index in [4.69, 9.17) is 9.26 Å². The van der Waals surface area contributed by atoms with Gasteiger partial charge in [0.2, 0.25) is 5.88 Å². The fourth-order valence-electron chi connectivity index (χ4n) is 3.19. The fourth-order valence-corrected chi connectivity index (χ4v) is 3.19. The van der Waals surface area contributed by atoms with Crippen LogP contribution in [0.3, 0.4) is 0 Å². The van der Waals surface area contributed by atoms with Gasteiger partial charge in [-0.1, -0.05) is 18.0 Å². The lowest BCUT2D eigenvalue weighted by Crippen LogP contribution is -2.25. The Balaban J connectivity index is 1.66. The molecule has 0 atom stereocenters. The number of hydrogen-bond acceptors (Lipinski definition) is 8. The smallest absolute Gasteiger partial charge is 0.338 e. The molecule has 0 bridgehead atoms. The van der Waals surface area contributed by atoms with E-state index in [0.717, 1.165) is 38.8 Å². The van der Waals surface area contributed by atoms with Crippen molar-refractivity contribution in [1.29, 1.82) is 0 Å². The second kappa shape index (κ2) is 9.18. The SMILES string of the molecule is Cc1cc(NC(=O)COC(=O)c2ccc(N3CCCCCC3)c([N+](=O)[O-])c2)on1. The minimum Gasteiger partial charge on any atom is -0.452 e. The van der Waals surface area contributed by atoms with Crippen LogP contribution in [0, 0.1) is 17.0 Å². The molecule has 1 amide bonds. The molecule has 2 heterocycles. The Hall–Kier alpha value is -3.43. The molecule has 10 heteroatoms. The Morgan fingerprint density at radius 1 is 1.24 bits per heavy atom. The van der Waals surface area contributed by atoms with E-state index in [-0.39, 0.29) is 17.1 Å². The molecule has 1 aromatic carbocycles. The lowest BCUT2D eigenvalue weighted by molar-refractivity contribution is -0.384. The second-order valence-corrected chi connectivity index (χ2v) is 6.82. The van der Waals surface area contributed by atoms with Gasteiger partial charge < -0.3 is 14.2 Å². The van der Waals surface area contributed by atoms with Crippen molar-refractivity contribution in [3.63, 3.8) is 0 Å². The molecule has 3 rings (SSSR count). The molecule has 0 spiro atoms. The lowest BCUT2D eigenvalue weighted by Gasteiger charge is -2.22. The molecule has 1 N–H and O–H groups in total. The number of ether oxygens (including phenoxy) is 1. The van der Waals surface area contributed by atoms with Crippen LogP contribution in [0.25, 0.3) is 0 Å². The van der Waals surface area contributed by atoms with Gasteiger partial charge in [-0.15, -0.1) is 0 Å². The minimum absolute atomic E-state index is 0.0126. The number of nitrogens with one attached hydrogen (secondary N) is 1. The number of anilines is 2. The van der Waals surface area contributed by atoms with Crippen LogP contribution in [0.15, 0.2) is 28.8 Å². The van der Waals surface area contributed by atoms with Gasteiger partial charge in [-0.05, 0) is 31.9 Å². The van der Waals surface area contributed by atoms with Gasteiger partial charge in [-0.3, -0.25) is 20.2 Å². The standard InChI is InChI=1S/C19H22N4O6/c1-13-10-18(29-21-13)20-17(24)12-28-19(25)14-6-7-15(16(11-14)23(26)27)22-8-4-2-3-5-9-22/h6-7,10-11H,2-5,8-9,12H2,1H3,(H,20,24). The highest BCUT2D eigenvalue weighted by atomic mass is 16.6. The Kier molecular flexibility index (Phi) is 6.43. The number of amides is 1. The molecule has 1 aliphatic rings. The summed E-state index contributed by atoms with van der Waals surface area (Å²) in [5, 5.41) is 17.6. The number of hydrogen-bond donors (Lipinski definition) is 1. The van der Waals surface area contributed by atoms with E-state index in [1.54, 1.807) is 13.0 Å². The maximum atomic E-state index is 12.2. The first-order valence-electron chi connectivity index (χ1n) is 9.38. The Bertz CT molecular complexity index is 902. The van der Waals surface area contributed by atoms with Crippen LogP contribution in [0.2, 0.25) is 0 Å². The van der Waals surface area contributed by atoms with Crippen LogP contribution in [0.1, 0.15) is 41.7 Å². The summed E-state index contributed by atoms with van der Waals surface area (Å²) in [6, 6.07) is 5.76. The van der Waals surface area contributed by atoms with Gasteiger partial charge in [0.25, 0.3) is 11.6 Å². The largest absolute Gasteiger partial charge is 0.452 e. The summed E-state index contributed by atoms with van der Waals surface area (Å²) < 4.78 is 9.81. The summed E-state index contributed by atoms with van der Waals surface area (Å²) in [5.41, 5.74) is 0.947. The average molecular weight is 402 g/mol. The number of aromatic nitrogens is 1. The van der Waals surface area contributed by atoms with E-state index in [2.05, 4.69) is 10.5 Å². The Labute approximate surface area is 166 Å². The van der Waals surface area contributed by atoms with Gasteiger partial charge in [0.15, 0.2) is 6.61 Å². The number of benzene rings is 1. The van der Waals surface area contributed by atoms with Crippen molar-refractivity contribution in [1.82, 2.24) is 5.16 Å². The molecule has 0 saturated carbocycles. The molecule has 1 fully saturated rings. The monoisotopic (exact) mass is 402 g/mol. The Morgan fingerprint density at radius 3 is 2.59 bits per heavy atom. The number of nitro groups is 1. The highest BCUT2D eigenvalue weighted by Crippen LogP contribution is 2.31. The Morgan fingerprint density at radius 2 is 1.97 bits per heavy atom. The molecule has 10 nitrogen and oxygen atoms in total. The quantitative estimate of drug-likeness (QED) is 0.443. The number of nitro benzene ring substituents is 1. The summed E-state index contributed by atoms with van der Waals surface area (Å²) in [4.78, 5) is 37.1. The molecule has 2 aromatic rings. The van der Waals surface area contributed by atoms with Crippen molar-refractivity contribution in [3.05, 3.63) is 45.6 Å². The van der Waals surface area contributed by atoms with E-state index in [1.165, 1.54) is 18.2 Å². The van der Waals surface area contributed by atoms with E-state index < -0.39 is 23.4 Å². The number of esters is 1. The van der Waals surface area contributed by atoms with E-state index >= 15 is 0 Å². The first-order chi connectivity index (χ1) is 13.9. The number of nitrogens with zero attached hydrogens (tertiary/aromatic N) is 3. The maximum Gasteiger partial charge on any atom is 0.338 e. The average Bonchev–Trinajstić information content (AvgIpc) is 2.94. The summed E-state index contributed by atoms with van der Waals surface area (Å²) in [6.07, 6.45) is 4.15. The highest BCUT2D eigenvalue weighted by molar-refractivity contribution is 5.95. The van der Waals surface area contributed by atoms with E-state index in [0.29, 0.717) is 11.4 Å². The number of carbonyl (C=O) groups is 2. The topological polar surface area (TPSA) is 128 Å². The van der Waals surface area contributed by atoms with Crippen LogP contribution in [0.5, 0.6) is 0 Å². The van der Waals surface area contributed by atoms with Crippen LogP contribution >= 0.6 is 0 Å². The summed E-state index contributed by atoms with van der Waals surface area (Å²) in [5.74, 6) is -1.29. The summed E-state index contributed by atoms with van der Waals surface area (Å²) in [7, 11) is 0. The molecule has 0 radical (unpaired) electrons. The van der Waals surface area contributed by atoms with Crippen LogP contribution in [-0.4, -0.2) is 41.7 Å². The molecule has 1 aromatic heterocycles. The molecular formula is C19H22N4O6. The summed E-state index contributed by atoms with van der Waals surface area (Å²) >= 11 is 0. The predicted molar refractivity (Wildman–Crippen MR) is 104 cm³/mol. The third kappa shape index (κ3) is 5.31. The van der Waals surface area contributed by atoms with Gasteiger partial charge in [-0.2, -0.15) is 0 Å². The van der Waals surface area contributed by atoms with Crippen molar-refractivity contribution in [2.75, 3.05) is 29.9 Å². The van der Waals surface area contributed by atoms with Crippen molar-refractivity contribution in [3.8, 4) is 0 Å².